The molecule has 0 saturated carbocycles. The molecule has 0 aliphatic carbocycles. The number of aryl methyl sites for hydroxylation is 1. The molecule has 1 unspecified atom stereocenters. The third kappa shape index (κ3) is 3.40. The van der Waals surface area contributed by atoms with Gasteiger partial charge in [0.25, 0.3) is 0 Å². The number of benzene rings is 1. The van der Waals surface area contributed by atoms with Crippen LogP contribution >= 0.6 is 0 Å². The van der Waals surface area contributed by atoms with Crippen molar-refractivity contribution in [2.75, 3.05) is 13.1 Å². The Balaban J connectivity index is 1.75. The molecule has 2 N–H and O–H groups in total. The largest absolute Gasteiger partial charge is 0.490 e. The Morgan fingerprint density at radius 3 is 2.75 bits per heavy atom. The summed E-state index contributed by atoms with van der Waals surface area (Å²) < 4.78 is 6.22. The fraction of sp³-hybridized carbons (Fsp3) is 0.579. The third-order valence-electron chi connectivity index (χ3n) is 5.07. The lowest BCUT2D eigenvalue weighted by atomic mass is 10.1. The van der Waals surface area contributed by atoms with Crippen molar-refractivity contribution in [1.82, 2.24) is 14.9 Å². The number of hydrogen-bond donors (Lipinski definition) is 2. The van der Waals surface area contributed by atoms with Gasteiger partial charge in [-0.25, -0.2) is 4.98 Å². The fourth-order valence-corrected chi connectivity index (χ4v) is 3.27. The molecule has 1 fully saturated rings. The number of aromatic nitrogens is 2. The van der Waals surface area contributed by atoms with Crippen LogP contribution in [0.1, 0.15) is 57.3 Å². The van der Waals surface area contributed by atoms with Gasteiger partial charge in [-0.3, -0.25) is 5.41 Å². The average Bonchev–Trinajstić information content (AvgIpc) is 2.99. The number of hydrogen-bond acceptors (Lipinski definition) is 3. The van der Waals surface area contributed by atoms with Gasteiger partial charge in [0.15, 0.2) is 0 Å². The van der Waals surface area contributed by atoms with Gasteiger partial charge < -0.3 is 14.6 Å². The smallest absolute Gasteiger partial charge is 0.122 e. The van der Waals surface area contributed by atoms with Crippen molar-refractivity contribution in [1.29, 1.82) is 5.41 Å². The monoisotopic (exact) mass is 328 g/mol. The van der Waals surface area contributed by atoms with Gasteiger partial charge in [-0.1, -0.05) is 13.8 Å². The minimum Gasteiger partial charge on any atom is -0.490 e. The quantitative estimate of drug-likeness (QED) is 0.652. The predicted octanol–water partition coefficient (Wildman–Crippen LogP) is 4.23. The zero-order valence-electron chi connectivity index (χ0n) is 15.1. The van der Waals surface area contributed by atoms with E-state index in [1.165, 1.54) is 0 Å². The van der Waals surface area contributed by atoms with Gasteiger partial charge in [0, 0.05) is 37.9 Å². The van der Waals surface area contributed by atoms with Crippen molar-refractivity contribution in [3.05, 3.63) is 23.5 Å². The molecule has 2 heterocycles. The van der Waals surface area contributed by atoms with Crippen LogP contribution in [0.3, 0.4) is 0 Å². The summed E-state index contributed by atoms with van der Waals surface area (Å²) in [4.78, 5) is 10.3. The molecule has 0 bridgehead atoms. The summed E-state index contributed by atoms with van der Waals surface area (Å²) in [6, 6.07) is 4.17. The topological polar surface area (TPSA) is 65.0 Å². The number of amidine groups is 1. The summed E-state index contributed by atoms with van der Waals surface area (Å²) in [7, 11) is 0. The van der Waals surface area contributed by atoms with E-state index in [1.807, 2.05) is 6.92 Å². The molecule has 1 atom stereocenters. The molecular weight excluding hydrogens is 300 g/mol. The standard InChI is InChI=1S/C19H28N4O/c1-5-12(2)19-21-17-11-16(10-13(3)18(17)22-19)24-15-6-8-23(9-7-15)14(4)20/h10-12,15,20H,5-9H2,1-4H3,(H,21,22). The molecule has 130 valence electrons. The number of rotatable bonds is 4. The molecule has 1 aliphatic rings. The number of nitrogens with one attached hydrogen (secondary N) is 2. The van der Waals surface area contributed by atoms with E-state index in [-0.39, 0.29) is 6.10 Å². The van der Waals surface area contributed by atoms with Crippen LogP contribution in [0.15, 0.2) is 12.1 Å². The van der Waals surface area contributed by atoms with Gasteiger partial charge in [-0.15, -0.1) is 0 Å². The van der Waals surface area contributed by atoms with Gasteiger partial charge in [0.2, 0.25) is 0 Å². The molecule has 24 heavy (non-hydrogen) atoms. The lowest BCUT2D eigenvalue weighted by Gasteiger charge is -2.32. The predicted molar refractivity (Wildman–Crippen MR) is 98.2 cm³/mol. The minimum absolute atomic E-state index is 0.231. The van der Waals surface area contributed by atoms with Crippen LogP contribution in [-0.4, -0.2) is 39.9 Å². The van der Waals surface area contributed by atoms with Crippen molar-refractivity contribution in [3.8, 4) is 5.75 Å². The highest BCUT2D eigenvalue weighted by Crippen LogP contribution is 2.28. The molecule has 0 amide bonds. The SMILES string of the molecule is CCC(C)c1nc2c(C)cc(OC3CCN(C(C)=N)CC3)cc2[nH]1. The molecule has 1 saturated heterocycles. The first-order chi connectivity index (χ1) is 11.5. The zero-order valence-corrected chi connectivity index (χ0v) is 15.1. The Kier molecular flexibility index (Phi) is 4.78. The highest BCUT2D eigenvalue weighted by Gasteiger charge is 2.21. The summed E-state index contributed by atoms with van der Waals surface area (Å²) in [6.45, 7) is 10.1. The number of piperidine rings is 1. The highest BCUT2D eigenvalue weighted by atomic mass is 16.5. The lowest BCUT2D eigenvalue weighted by molar-refractivity contribution is 0.130. The summed E-state index contributed by atoms with van der Waals surface area (Å²) in [5.74, 6) is 3.07. The first kappa shape index (κ1) is 16.8. The number of fused-ring (bicyclic) bond motifs is 1. The molecule has 5 heteroatoms. The van der Waals surface area contributed by atoms with Crippen molar-refractivity contribution >= 4 is 16.9 Å². The zero-order chi connectivity index (χ0) is 17.3. The molecule has 0 radical (unpaired) electrons. The van der Waals surface area contributed by atoms with Crippen LogP contribution in [0, 0.1) is 12.3 Å². The molecule has 1 aromatic heterocycles. The van der Waals surface area contributed by atoms with E-state index in [2.05, 4.69) is 42.8 Å². The van der Waals surface area contributed by atoms with Crippen molar-refractivity contribution < 1.29 is 4.74 Å². The van der Waals surface area contributed by atoms with Crippen LogP contribution in [0.4, 0.5) is 0 Å². The minimum atomic E-state index is 0.231. The fourth-order valence-electron chi connectivity index (χ4n) is 3.27. The van der Waals surface area contributed by atoms with E-state index >= 15 is 0 Å². The van der Waals surface area contributed by atoms with Gasteiger partial charge in [0.1, 0.15) is 17.7 Å². The van der Waals surface area contributed by atoms with E-state index in [1.54, 1.807) is 0 Å². The second kappa shape index (κ2) is 6.83. The Morgan fingerprint density at radius 1 is 1.42 bits per heavy atom. The molecule has 1 aromatic carbocycles. The number of nitrogens with zero attached hydrogens (tertiary/aromatic N) is 2. The second-order valence-electron chi connectivity index (χ2n) is 6.96. The van der Waals surface area contributed by atoms with Gasteiger partial charge >= 0.3 is 0 Å². The van der Waals surface area contributed by atoms with Crippen LogP contribution in [-0.2, 0) is 0 Å². The highest BCUT2D eigenvalue weighted by molar-refractivity contribution is 5.80. The average molecular weight is 328 g/mol. The first-order valence-electron chi connectivity index (χ1n) is 8.95. The maximum Gasteiger partial charge on any atom is 0.122 e. The Hall–Kier alpha value is -2.04. The summed E-state index contributed by atoms with van der Waals surface area (Å²) in [6.07, 6.45) is 3.24. The van der Waals surface area contributed by atoms with E-state index in [4.69, 9.17) is 15.1 Å². The van der Waals surface area contributed by atoms with Crippen LogP contribution in [0.5, 0.6) is 5.75 Å². The van der Waals surface area contributed by atoms with E-state index < -0.39 is 0 Å². The maximum atomic E-state index is 7.72. The van der Waals surface area contributed by atoms with Crippen molar-refractivity contribution in [3.63, 3.8) is 0 Å². The van der Waals surface area contributed by atoms with E-state index in [0.29, 0.717) is 11.8 Å². The Morgan fingerprint density at radius 2 is 2.12 bits per heavy atom. The second-order valence-corrected chi connectivity index (χ2v) is 6.96. The molecule has 1 aliphatic heterocycles. The first-order valence-corrected chi connectivity index (χ1v) is 8.95. The Bertz CT molecular complexity index is 728. The summed E-state index contributed by atoms with van der Waals surface area (Å²) in [5.41, 5.74) is 3.26. The number of aromatic amines is 1. The Labute approximate surface area is 143 Å². The van der Waals surface area contributed by atoms with Gasteiger partial charge in [0.05, 0.1) is 16.9 Å². The van der Waals surface area contributed by atoms with Crippen LogP contribution < -0.4 is 4.74 Å². The van der Waals surface area contributed by atoms with Gasteiger partial charge in [-0.05, 0) is 31.9 Å². The number of H-pyrrole nitrogens is 1. The van der Waals surface area contributed by atoms with Crippen molar-refractivity contribution in [2.24, 2.45) is 0 Å². The number of ether oxygens (including phenoxy) is 1. The van der Waals surface area contributed by atoms with Crippen molar-refractivity contribution in [2.45, 2.75) is 59.0 Å². The maximum absolute atomic E-state index is 7.72. The van der Waals surface area contributed by atoms with Crippen LogP contribution in [0.25, 0.3) is 11.0 Å². The van der Waals surface area contributed by atoms with Gasteiger partial charge in [-0.2, -0.15) is 0 Å². The molecule has 0 spiro atoms. The molecular formula is C19H28N4O. The molecule has 5 nitrogen and oxygen atoms in total. The van der Waals surface area contributed by atoms with E-state index in [0.717, 1.165) is 60.5 Å². The normalized spacial score (nSPS) is 17.2. The molecule has 2 aromatic rings. The summed E-state index contributed by atoms with van der Waals surface area (Å²) >= 11 is 0. The van der Waals surface area contributed by atoms with E-state index in [9.17, 15) is 0 Å². The third-order valence-corrected chi connectivity index (χ3v) is 5.07. The summed E-state index contributed by atoms with van der Waals surface area (Å²) in [5, 5.41) is 7.72. The molecule has 3 rings (SSSR count). The van der Waals surface area contributed by atoms with Crippen LogP contribution in [0.2, 0.25) is 0 Å². The number of likely N-dealkylation sites (tertiary alicyclic amines) is 1. The lowest BCUT2D eigenvalue weighted by Crippen LogP contribution is -2.40. The number of imidazole rings is 1.